The van der Waals surface area contributed by atoms with Crippen molar-refractivity contribution >= 4 is 21.6 Å². The van der Waals surface area contributed by atoms with Crippen molar-refractivity contribution in [2.24, 2.45) is 0 Å². The molecular formula is C20H17N3OS. The highest BCUT2D eigenvalue weighted by atomic mass is 32.1. The third-order valence-corrected chi connectivity index (χ3v) is 5.54. The van der Waals surface area contributed by atoms with Crippen molar-refractivity contribution in [1.29, 1.82) is 0 Å². The van der Waals surface area contributed by atoms with Gasteiger partial charge in [0.25, 0.3) is 5.56 Å². The highest BCUT2D eigenvalue weighted by molar-refractivity contribution is 7.22. The van der Waals surface area contributed by atoms with Crippen LogP contribution in [0.1, 0.15) is 11.3 Å². The molecule has 5 heteroatoms. The highest BCUT2D eigenvalue weighted by Gasteiger charge is 2.15. The molecule has 0 fully saturated rings. The van der Waals surface area contributed by atoms with Gasteiger partial charge < -0.3 is 0 Å². The SMILES string of the molecule is Cc1c(-c2ccccc2)sc2ncn(CCc3ccccn3)c(=O)c12. The number of aromatic nitrogens is 3. The summed E-state index contributed by atoms with van der Waals surface area (Å²) in [4.78, 5) is 23.7. The smallest absolute Gasteiger partial charge is 0.262 e. The minimum absolute atomic E-state index is 0.0249. The molecule has 4 nitrogen and oxygen atoms in total. The van der Waals surface area contributed by atoms with Gasteiger partial charge in [-0.3, -0.25) is 14.3 Å². The van der Waals surface area contributed by atoms with Gasteiger partial charge in [-0.25, -0.2) is 4.98 Å². The summed E-state index contributed by atoms with van der Waals surface area (Å²) in [5.41, 5.74) is 3.14. The first-order valence-corrected chi connectivity index (χ1v) is 8.99. The van der Waals surface area contributed by atoms with Crippen LogP contribution < -0.4 is 5.56 Å². The molecule has 0 atom stereocenters. The van der Waals surface area contributed by atoms with Crippen LogP contribution in [0.3, 0.4) is 0 Å². The highest BCUT2D eigenvalue weighted by Crippen LogP contribution is 2.35. The standard InChI is InChI=1S/C20H17N3OS/c1-14-17-19(25-18(14)15-7-3-2-4-8-15)22-13-23(20(17)24)12-10-16-9-5-6-11-21-16/h2-9,11,13H,10,12H2,1H3. The van der Waals surface area contributed by atoms with Gasteiger partial charge in [0, 0.05) is 29.7 Å². The van der Waals surface area contributed by atoms with Gasteiger partial charge in [-0.1, -0.05) is 36.4 Å². The summed E-state index contributed by atoms with van der Waals surface area (Å²) in [6.45, 7) is 2.59. The molecule has 0 unspecified atom stereocenters. The van der Waals surface area contributed by atoms with E-state index in [1.165, 1.54) is 0 Å². The van der Waals surface area contributed by atoms with Gasteiger partial charge >= 0.3 is 0 Å². The van der Waals surface area contributed by atoms with Gasteiger partial charge in [-0.2, -0.15) is 0 Å². The molecule has 0 aliphatic rings. The van der Waals surface area contributed by atoms with Gasteiger partial charge in [-0.15, -0.1) is 11.3 Å². The zero-order valence-electron chi connectivity index (χ0n) is 13.8. The second-order valence-electron chi connectivity index (χ2n) is 5.92. The maximum absolute atomic E-state index is 12.9. The van der Waals surface area contributed by atoms with E-state index in [0.717, 1.165) is 31.9 Å². The first-order valence-electron chi connectivity index (χ1n) is 8.18. The number of benzene rings is 1. The number of rotatable bonds is 4. The normalized spacial score (nSPS) is 11.1. The Morgan fingerprint density at radius 1 is 1.04 bits per heavy atom. The average molecular weight is 347 g/mol. The molecule has 0 amide bonds. The molecule has 1 aromatic carbocycles. The van der Waals surface area contributed by atoms with Crippen LogP contribution >= 0.6 is 11.3 Å². The van der Waals surface area contributed by atoms with E-state index in [2.05, 4.69) is 22.1 Å². The predicted molar refractivity (Wildman–Crippen MR) is 102 cm³/mol. The molecule has 124 valence electrons. The van der Waals surface area contributed by atoms with Crippen LogP contribution in [0.15, 0.2) is 65.8 Å². The number of thiophene rings is 1. The Balaban J connectivity index is 1.73. The van der Waals surface area contributed by atoms with E-state index in [9.17, 15) is 4.79 Å². The van der Waals surface area contributed by atoms with Crippen molar-refractivity contribution in [3.8, 4) is 10.4 Å². The molecule has 0 radical (unpaired) electrons. The number of hydrogen-bond donors (Lipinski definition) is 0. The van der Waals surface area contributed by atoms with Gasteiger partial charge in [0.1, 0.15) is 4.83 Å². The topological polar surface area (TPSA) is 47.8 Å². The van der Waals surface area contributed by atoms with Gasteiger partial charge in [0.15, 0.2) is 0 Å². The fourth-order valence-electron chi connectivity index (χ4n) is 2.96. The van der Waals surface area contributed by atoms with Crippen molar-refractivity contribution in [3.63, 3.8) is 0 Å². The van der Waals surface area contributed by atoms with Gasteiger partial charge in [-0.05, 0) is 30.2 Å². The zero-order valence-corrected chi connectivity index (χ0v) is 14.7. The molecule has 0 bridgehead atoms. The lowest BCUT2D eigenvalue weighted by Gasteiger charge is -2.05. The summed E-state index contributed by atoms with van der Waals surface area (Å²) in [6.07, 6.45) is 4.13. The second-order valence-corrected chi connectivity index (χ2v) is 6.92. The molecule has 0 spiro atoms. The Kier molecular flexibility index (Phi) is 4.15. The van der Waals surface area contributed by atoms with Crippen LogP contribution in [0.5, 0.6) is 0 Å². The van der Waals surface area contributed by atoms with E-state index in [1.54, 1.807) is 28.4 Å². The van der Waals surface area contributed by atoms with E-state index in [0.29, 0.717) is 13.0 Å². The molecule has 25 heavy (non-hydrogen) atoms. The molecule has 4 rings (SSSR count). The van der Waals surface area contributed by atoms with Crippen molar-refractivity contribution in [2.45, 2.75) is 19.9 Å². The monoisotopic (exact) mass is 347 g/mol. The largest absolute Gasteiger partial charge is 0.298 e. The molecule has 0 aliphatic heterocycles. The number of aryl methyl sites for hydroxylation is 3. The molecule has 0 N–H and O–H groups in total. The minimum atomic E-state index is 0.0249. The Morgan fingerprint density at radius 3 is 2.60 bits per heavy atom. The van der Waals surface area contributed by atoms with Crippen LogP contribution in [0.25, 0.3) is 20.7 Å². The van der Waals surface area contributed by atoms with Crippen LogP contribution in [-0.2, 0) is 13.0 Å². The number of fused-ring (bicyclic) bond motifs is 1. The zero-order chi connectivity index (χ0) is 17.2. The van der Waals surface area contributed by atoms with E-state index in [1.807, 2.05) is 43.3 Å². The molecule has 4 aromatic rings. The van der Waals surface area contributed by atoms with Crippen molar-refractivity contribution in [1.82, 2.24) is 14.5 Å². The van der Waals surface area contributed by atoms with E-state index < -0.39 is 0 Å². The van der Waals surface area contributed by atoms with Crippen LogP contribution in [0.4, 0.5) is 0 Å². The number of nitrogens with zero attached hydrogens (tertiary/aromatic N) is 3. The van der Waals surface area contributed by atoms with Crippen LogP contribution in [0, 0.1) is 6.92 Å². The Bertz CT molecular complexity index is 1070. The van der Waals surface area contributed by atoms with E-state index >= 15 is 0 Å². The maximum atomic E-state index is 12.9. The molecule has 3 heterocycles. The van der Waals surface area contributed by atoms with Gasteiger partial charge in [0.2, 0.25) is 0 Å². The Hall–Kier alpha value is -2.79. The maximum Gasteiger partial charge on any atom is 0.262 e. The summed E-state index contributed by atoms with van der Waals surface area (Å²) in [5.74, 6) is 0. The molecule has 0 saturated carbocycles. The average Bonchev–Trinajstić information content (AvgIpc) is 3.00. The van der Waals surface area contributed by atoms with Gasteiger partial charge in [0.05, 0.1) is 11.7 Å². The molecule has 3 aromatic heterocycles. The number of hydrogen-bond acceptors (Lipinski definition) is 4. The predicted octanol–water partition coefficient (Wildman–Crippen LogP) is 4.07. The minimum Gasteiger partial charge on any atom is -0.298 e. The van der Waals surface area contributed by atoms with Crippen LogP contribution in [0.2, 0.25) is 0 Å². The lowest BCUT2D eigenvalue weighted by atomic mass is 10.1. The lowest BCUT2D eigenvalue weighted by molar-refractivity contribution is 0.654. The first kappa shape index (κ1) is 15.7. The summed E-state index contributed by atoms with van der Waals surface area (Å²) < 4.78 is 1.69. The summed E-state index contributed by atoms with van der Waals surface area (Å²) in [7, 11) is 0. The van der Waals surface area contributed by atoms with Crippen LogP contribution in [-0.4, -0.2) is 14.5 Å². The summed E-state index contributed by atoms with van der Waals surface area (Å²) >= 11 is 1.58. The fraction of sp³-hybridized carbons (Fsp3) is 0.150. The van der Waals surface area contributed by atoms with E-state index in [-0.39, 0.29) is 5.56 Å². The van der Waals surface area contributed by atoms with E-state index in [4.69, 9.17) is 0 Å². The molecule has 0 aliphatic carbocycles. The third-order valence-electron chi connectivity index (χ3n) is 4.29. The third kappa shape index (κ3) is 2.98. The Labute approximate surface area is 149 Å². The molecular weight excluding hydrogens is 330 g/mol. The summed E-state index contributed by atoms with van der Waals surface area (Å²) in [6, 6.07) is 16.0. The first-order chi connectivity index (χ1) is 12.2. The summed E-state index contributed by atoms with van der Waals surface area (Å²) in [5, 5.41) is 0.729. The van der Waals surface area contributed by atoms with Crippen molar-refractivity contribution < 1.29 is 0 Å². The molecule has 0 saturated heterocycles. The number of pyridine rings is 1. The van der Waals surface area contributed by atoms with Crippen molar-refractivity contribution in [2.75, 3.05) is 0 Å². The second kappa shape index (κ2) is 6.61. The quantitative estimate of drug-likeness (QED) is 0.559. The van der Waals surface area contributed by atoms with Crippen molar-refractivity contribution in [3.05, 3.63) is 82.7 Å². The fourth-order valence-corrected chi connectivity index (χ4v) is 4.11. The Morgan fingerprint density at radius 2 is 1.84 bits per heavy atom. The lowest BCUT2D eigenvalue weighted by Crippen LogP contribution is -2.21.